The van der Waals surface area contributed by atoms with E-state index in [1.165, 1.54) is 12.1 Å². The number of hydrogen-bond acceptors (Lipinski definition) is 5. The van der Waals surface area contributed by atoms with Gasteiger partial charge in [-0.3, -0.25) is 9.98 Å². The number of carbonyl (C=O) groups excluding carboxylic acids is 1. The summed E-state index contributed by atoms with van der Waals surface area (Å²) in [6.45, 7) is 13.6. The zero-order valence-electron chi connectivity index (χ0n) is 21.4. The third-order valence-electron chi connectivity index (χ3n) is 5.27. The first-order chi connectivity index (χ1) is 16.6. The van der Waals surface area contributed by atoms with Crippen LogP contribution in [0.3, 0.4) is 0 Å². The molecular formula is C28H33FN4O2. The topological polar surface area (TPSA) is 76.5 Å². The largest absolute Gasteiger partial charge is 0.444 e. The number of aryl methyl sites for hydroxylation is 1. The lowest BCUT2D eigenvalue weighted by molar-refractivity contribution is 0.0507. The SMILES string of the molecule is CC=CC(=NCC)c1c(C(C)NC(=O)OC(C)(C)C)nc2ccc(F)cc2c1-c1ncccc1C. The van der Waals surface area contributed by atoms with Gasteiger partial charge in [-0.2, -0.15) is 0 Å². The first-order valence-corrected chi connectivity index (χ1v) is 11.8. The fourth-order valence-corrected chi connectivity index (χ4v) is 3.92. The highest BCUT2D eigenvalue weighted by Gasteiger charge is 2.27. The minimum atomic E-state index is -0.642. The molecule has 0 radical (unpaired) electrons. The molecule has 0 aliphatic heterocycles. The molecule has 35 heavy (non-hydrogen) atoms. The van der Waals surface area contributed by atoms with E-state index < -0.39 is 17.7 Å². The van der Waals surface area contributed by atoms with Crippen molar-refractivity contribution in [3.05, 3.63) is 71.3 Å². The number of halogens is 1. The Morgan fingerprint density at radius 1 is 1.29 bits per heavy atom. The van der Waals surface area contributed by atoms with Gasteiger partial charge in [0.25, 0.3) is 0 Å². The number of allylic oxidation sites excluding steroid dienone is 2. The normalized spacial score (nSPS) is 13.3. The second kappa shape index (κ2) is 10.8. The van der Waals surface area contributed by atoms with Crippen molar-refractivity contribution in [2.24, 2.45) is 4.99 Å². The lowest BCUT2D eigenvalue weighted by Gasteiger charge is -2.24. The standard InChI is InChI=1S/C28H33FN4O2/c1-8-11-22(30-9-2)24-23(25-17(3)12-10-15-31-25)20-16-19(29)13-14-21(20)33-26(24)18(4)32-27(34)35-28(5,6)7/h8,10-16,18H,9H2,1-7H3,(H,32,34). The molecule has 0 aliphatic carbocycles. The van der Waals surface area contributed by atoms with Crippen LogP contribution in [0.2, 0.25) is 0 Å². The third-order valence-corrected chi connectivity index (χ3v) is 5.27. The second-order valence-electron chi connectivity index (χ2n) is 9.30. The molecule has 1 N–H and O–H groups in total. The number of fused-ring (bicyclic) bond motifs is 1. The average Bonchev–Trinajstić information content (AvgIpc) is 2.77. The summed E-state index contributed by atoms with van der Waals surface area (Å²) in [6.07, 6.45) is 4.96. The van der Waals surface area contributed by atoms with Crippen LogP contribution in [-0.4, -0.2) is 33.9 Å². The number of benzene rings is 1. The molecule has 2 heterocycles. The Morgan fingerprint density at radius 3 is 2.66 bits per heavy atom. The van der Waals surface area contributed by atoms with Crippen molar-refractivity contribution < 1.29 is 13.9 Å². The fraction of sp³-hybridized carbons (Fsp3) is 0.357. The van der Waals surface area contributed by atoms with Crippen LogP contribution >= 0.6 is 0 Å². The second-order valence-corrected chi connectivity index (χ2v) is 9.30. The van der Waals surface area contributed by atoms with Gasteiger partial charge in [-0.1, -0.05) is 12.1 Å². The highest BCUT2D eigenvalue weighted by Crippen LogP contribution is 2.37. The molecule has 7 heteroatoms. The summed E-state index contributed by atoms with van der Waals surface area (Å²) >= 11 is 0. The van der Waals surface area contributed by atoms with Crippen molar-refractivity contribution in [2.75, 3.05) is 6.54 Å². The molecule has 3 aromatic rings. The van der Waals surface area contributed by atoms with Crippen molar-refractivity contribution in [3.63, 3.8) is 0 Å². The average molecular weight is 477 g/mol. The summed E-state index contributed by atoms with van der Waals surface area (Å²) in [5.74, 6) is -0.368. The van der Waals surface area contributed by atoms with Crippen molar-refractivity contribution in [2.45, 2.75) is 60.1 Å². The zero-order valence-corrected chi connectivity index (χ0v) is 21.4. The van der Waals surface area contributed by atoms with Gasteiger partial charge in [0.2, 0.25) is 0 Å². The molecular weight excluding hydrogens is 443 g/mol. The van der Waals surface area contributed by atoms with Gasteiger partial charge in [0, 0.05) is 29.3 Å². The van der Waals surface area contributed by atoms with Crippen molar-refractivity contribution in [3.8, 4) is 11.3 Å². The summed E-state index contributed by atoms with van der Waals surface area (Å²) in [5.41, 5.74) is 4.30. The van der Waals surface area contributed by atoms with Gasteiger partial charge in [0.05, 0.1) is 28.7 Å². The molecule has 2 aromatic heterocycles. The quantitative estimate of drug-likeness (QED) is 0.401. The fourth-order valence-electron chi connectivity index (χ4n) is 3.92. The number of alkyl carbamates (subject to hydrolysis) is 1. The number of carbonyl (C=O) groups is 1. The first kappa shape index (κ1) is 26.0. The summed E-state index contributed by atoms with van der Waals surface area (Å²) in [7, 11) is 0. The Labute approximate surface area is 206 Å². The van der Waals surface area contributed by atoms with Crippen LogP contribution < -0.4 is 5.32 Å². The molecule has 0 fully saturated rings. The number of ether oxygens (including phenoxy) is 1. The molecule has 3 rings (SSSR count). The van der Waals surface area contributed by atoms with Crippen molar-refractivity contribution in [1.29, 1.82) is 0 Å². The van der Waals surface area contributed by atoms with Crippen LogP contribution in [0.25, 0.3) is 22.2 Å². The van der Waals surface area contributed by atoms with Crippen LogP contribution in [0.1, 0.15) is 64.4 Å². The predicted molar refractivity (Wildman–Crippen MR) is 139 cm³/mol. The maximum absolute atomic E-state index is 14.5. The number of amides is 1. The number of rotatable bonds is 6. The maximum Gasteiger partial charge on any atom is 0.408 e. The number of nitrogens with zero attached hydrogens (tertiary/aromatic N) is 3. The Hall–Kier alpha value is -3.61. The number of pyridine rings is 2. The number of hydrogen-bond donors (Lipinski definition) is 1. The van der Waals surface area contributed by atoms with Crippen LogP contribution in [0.5, 0.6) is 0 Å². The molecule has 0 saturated heterocycles. The smallest absolute Gasteiger partial charge is 0.408 e. The summed E-state index contributed by atoms with van der Waals surface area (Å²) in [5, 5.41) is 3.53. The van der Waals surface area contributed by atoms with Crippen LogP contribution in [-0.2, 0) is 4.74 Å². The lowest BCUT2D eigenvalue weighted by Crippen LogP contribution is -2.35. The highest BCUT2D eigenvalue weighted by molar-refractivity contribution is 6.17. The van der Waals surface area contributed by atoms with Gasteiger partial charge < -0.3 is 10.1 Å². The summed E-state index contributed by atoms with van der Waals surface area (Å²) in [4.78, 5) is 26.9. The van der Waals surface area contributed by atoms with Gasteiger partial charge >= 0.3 is 6.09 Å². The molecule has 1 aromatic carbocycles. The Balaban J connectivity index is 2.40. The van der Waals surface area contributed by atoms with Crippen LogP contribution in [0.15, 0.2) is 53.7 Å². The van der Waals surface area contributed by atoms with Gasteiger partial charge in [0.1, 0.15) is 11.4 Å². The molecule has 1 amide bonds. The zero-order chi connectivity index (χ0) is 25.8. The van der Waals surface area contributed by atoms with E-state index in [1.807, 2.05) is 72.8 Å². The molecule has 0 aliphatic rings. The van der Waals surface area contributed by atoms with Gasteiger partial charge in [-0.05, 0) is 84.4 Å². The van der Waals surface area contributed by atoms with E-state index in [0.717, 1.165) is 11.1 Å². The third kappa shape index (κ3) is 6.10. The summed E-state index contributed by atoms with van der Waals surface area (Å²) in [6, 6.07) is 7.81. The number of nitrogens with one attached hydrogen (secondary N) is 1. The van der Waals surface area contributed by atoms with E-state index in [2.05, 4.69) is 10.3 Å². The van der Waals surface area contributed by atoms with Crippen molar-refractivity contribution >= 4 is 22.7 Å². The highest BCUT2D eigenvalue weighted by atomic mass is 19.1. The molecule has 0 spiro atoms. The minimum absolute atomic E-state index is 0.368. The Bertz CT molecular complexity index is 1290. The minimum Gasteiger partial charge on any atom is -0.444 e. The molecule has 6 nitrogen and oxygen atoms in total. The maximum atomic E-state index is 14.5. The Morgan fingerprint density at radius 2 is 2.03 bits per heavy atom. The molecule has 1 unspecified atom stereocenters. The van der Waals surface area contributed by atoms with E-state index in [1.54, 1.807) is 12.3 Å². The van der Waals surface area contributed by atoms with Crippen molar-refractivity contribution in [1.82, 2.24) is 15.3 Å². The summed E-state index contributed by atoms with van der Waals surface area (Å²) < 4.78 is 20.0. The van der Waals surface area contributed by atoms with E-state index in [9.17, 15) is 9.18 Å². The number of aromatic nitrogens is 2. The molecule has 184 valence electrons. The van der Waals surface area contributed by atoms with Gasteiger partial charge in [0.15, 0.2) is 0 Å². The van der Waals surface area contributed by atoms with Gasteiger partial charge in [-0.15, -0.1) is 0 Å². The predicted octanol–water partition coefficient (Wildman–Crippen LogP) is 6.72. The monoisotopic (exact) mass is 476 g/mol. The van der Waals surface area contributed by atoms with E-state index in [4.69, 9.17) is 14.7 Å². The van der Waals surface area contributed by atoms with E-state index in [-0.39, 0.29) is 5.82 Å². The first-order valence-electron chi connectivity index (χ1n) is 11.8. The van der Waals surface area contributed by atoms with E-state index >= 15 is 0 Å². The van der Waals surface area contributed by atoms with E-state index in [0.29, 0.717) is 40.1 Å². The Kier molecular flexibility index (Phi) is 7.99. The van der Waals surface area contributed by atoms with Crippen LogP contribution in [0, 0.1) is 12.7 Å². The molecule has 0 bridgehead atoms. The molecule has 1 atom stereocenters. The number of aliphatic imine (C=N–C) groups is 1. The van der Waals surface area contributed by atoms with Crippen LogP contribution in [0.4, 0.5) is 9.18 Å². The molecule has 0 saturated carbocycles. The lowest BCUT2D eigenvalue weighted by atomic mass is 9.90. The van der Waals surface area contributed by atoms with Gasteiger partial charge in [-0.25, -0.2) is 14.2 Å².